The molecule has 1 heterocycles. The fourth-order valence-corrected chi connectivity index (χ4v) is 2.92. The van der Waals surface area contributed by atoms with Crippen LogP contribution in [0.3, 0.4) is 0 Å². The molecular weight excluding hydrogens is 484 g/mol. The Kier molecular flexibility index (Phi) is 11.1. The van der Waals surface area contributed by atoms with Crippen molar-refractivity contribution in [2.45, 2.75) is 26.1 Å². The molecule has 5 nitrogen and oxygen atoms in total. The molecule has 1 saturated heterocycles. The molecule has 0 saturated carbocycles. The van der Waals surface area contributed by atoms with Gasteiger partial charge >= 0.3 is 6.18 Å². The van der Waals surface area contributed by atoms with Gasteiger partial charge in [-0.25, -0.2) is 0 Å². The quantitative estimate of drug-likeness (QED) is 0.262. The number of ether oxygens (including phenoxy) is 1. The SMILES string of the molecule is CCNC(=NCCCN1CCOCC1)N(C)Cc1ccc(C(F)(F)F)cc1.I. The fraction of sp³-hybridized carbons (Fsp3) is 0.632. The highest BCUT2D eigenvalue weighted by molar-refractivity contribution is 14.0. The van der Waals surface area contributed by atoms with E-state index in [2.05, 4.69) is 15.2 Å². The Morgan fingerprint density at radius 2 is 1.86 bits per heavy atom. The zero-order chi connectivity index (χ0) is 19.7. The van der Waals surface area contributed by atoms with Crippen LogP contribution >= 0.6 is 24.0 Å². The highest BCUT2D eigenvalue weighted by Crippen LogP contribution is 2.29. The summed E-state index contributed by atoms with van der Waals surface area (Å²) in [6.45, 7) is 8.45. The number of aliphatic imine (C=N–C) groups is 1. The Balaban J connectivity index is 0.00000392. The summed E-state index contributed by atoms with van der Waals surface area (Å²) in [4.78, 5) is 8.95. The monoisotopic (exact) mass is 514 g/mol. The maximum atomic E-state index is 12.7. The van der Waals surface area contributed by atoms with Crippen LogP contribution in [0, 0.1) is 0 Å². The van der Waals surface area contributed by atoms with E-state index in [9.17, 15) is 13.2 Å². The van der Waals surface area contributed by atoms with Crippen LogP contribution < -0.4 is 5.32 Å². The lowest BCUT2D eigenvalue weighted by molar-refractivity contribution is -0.137. The van der Waals surface area contributed by atoms with Gasteiger partial charge in [-0.15, -0.1) is 24.0 Å². The molecule has 0 amide bonds. The number of rotatable bonds is 7. The van der Waals surface area contributed by atoms with Crippen LogP contribution in [0.5, 0.6) is 0 Å². The molecule has 2 rings (SSSR count). The maximum Gasteiger partial charge on any atom is 0.416 e. The van der Waals surface area contributed by atoms with Gasteiger partial charge in [0.2, 0.25) is 0 Å². The standard InChI is InChI=1S/C19H29F3N4O.HI/c1-3-23-18(24-9-4-10-26-11-13-27-14-12-26)25(2)15-16-5-7-17(8-6-16)19(20,21)22;/h5-8H,3-4,9-15H2,1-2H3,(H,23,24);1H. The van der Waals surface area contributed by atoms with Gasteiger partial charge in [-0.1, -0.05) is 12.1 Å². The Hall–Kier alpha value is -1.07. The van der Waals surface area contributed by atoms with E-state index in [0.29, 0.717) is 13.1 Å². The summed E-state index contributed by atoms with van der Waals surface area (Å²) in [5, 5.41) is 3.24. The van der Waals surface area contributed by atoms with Crippen molar-refractivity contribution in [3.8, 4) is 0 Å². The number of alkyl halides is 3. The van der Waals surface area contributed by atoms with Crippen LogP contribution in [0.1, 0.15) is 24.5 Å². The van der Waals surface area contributed by atoms with Crippen molar-refractivity contribution in [2.75, 3.05) is 53.0 Å². The number of halogens is 4. The molecule has 1 aliphatic heterocycles. The van der Waals surface area contributed by atoms with E-state index in [-0.39, 0.29) is 24.0 Å². The Morgan fingerprint density at radius 3 is 2.43 bits per heavy atom. The van der Waals surface area contributed by atoms with Crippen molar-refractivity contribution < 1.29 is 17.9 Å². The zero-order valence-electron chi connectivity index (χ0n) is 16.5. The van der Waals surface area contributed by atoms with E-state index in [4.69, 9.17) is 4.74 Å². The molecule has 9 heteroatoms. The van der Waals surface area contributed by atoms with Crippen LogP contribution in [0.2, 0.25) is 0 Å². The third kappa shape index (κ3) is 8.52. The second kappa shape index (κ2) is 12.5. The number of hydrogen-bond donors (Lipinski definition) is 1. The molecule has 1 fully saturated rings. The first-order valence-electron chi connectivity index (χ1n) is 9.36. The van der Waals surface area contributed by atoms with Gasteiger partial charge in [0.1, 0.15) is 0 Å². The van der Waals surface area contributed by atoms with Crippen LogP contribution in [0.25, 0.3) is 0 Å². The van der Waals surface area contributed by atoms with E-state index in [0.717, 1.165) is 69.5 Å². The minimum atomic E-state index is -4.30. The van der Waals surface area contributed by atoms with Gasteiger partial charge in [0.15, 0.2) is 5.96 Å². The summed E-state index contributed by atoms with van der Waals surface area (Å²) in [7, 11) is 1.89. The Bertz CT molecular complexity index is 590. The minimum Gasteiger partial charge on any atom is -0.379 e. The number of guanidine groups is 1. The lowest BCUT2D eigenvalue weighted by Gasteiger charge is -2.26. The Labute approximate surface area is 182 Å². The van der Waals surface area contributed by atoms with E-state index >= 15 is 0 Å². The molecule has 28 heavy (non-hydrogen) atoms. The predicted molar refractivity (Wildman–Crippen MR) is 116 cm³/mol. The topological polar surface area (TPSA) is 40.1 Å². The minimum absolute atomic E-state index is 0. The first-order chi connectivity index (χ1) is 12.9. The summed E-state index contributed by atoms with van der Waals surface area (Å²) in [6.07, 6.45) is -3.34. The van der Waals surface area contributed by atoms with Crippen LogP contribution in [0.15, 0.2) is 29.3 Å². The van der Waals surface area contributed by atoms with Gasteiger partial charge in [-0.2, -0.15) is 13.2 Å². The van der Waals surface area contributed by atoms with Crippen molar-refractivity contribution in [2.24, 2.45) is 4.99 Å². The zero-order valence-corrected chi connectivity index (χ0v) is 18.8. The van der Waals surface area contributed by atoms with Crippen molar-refractivity contribution in [1.82, 2.24) is 15.1 Å². The van der Waals surface area contributed by atoms with Crippen molar-refractivity contribution >= 4 is 29.9 Å². The predicted octanol–water partition coefficient (Wildman–Crippen LogP) is 3.44. The third-order valence-electron chi connectivity index (χ3n) is 4.40. The number of nitrogens with one attached hydrogen (secondary N) is 1. The van der Waals surface area contributed by atoms with Crippen molar-refractivity contribution in [3.63, 3.8) is 0 Å². The molecule has 160 valence electrons. The number of nitrogens with zero attached hydrogens (tertiary/aromatic N) is 3. The van der Waals surface area contributed by atoms with Gasteiger partial charge in [0.25, 0.3) is 0 Å². The smallest absolute Gasteiger partial charge is 0.379 e. The molecule has 1 aliphatic rings. The first kappa shape index (κ1) is 25.0. The second-order valence-electron chi connectivity index (χ2n) is 6.59. The van der Waals surface area contributed by atoms with Gasteiger partial charge in [0, 0.05) is 46.3 Å². The Morgan fingerprint density at radius 1 is 1.21 bits per heavy atom. The van der Waals surface area contributed by atoms with E-state index in [1.807, 2.05) is 18.9 Å². The molecule has 0 spiro atoms. The summed E-state index contributed by atoms with van der Waals surface area (Å²) in [5.74, 6) is 0.763. The largest absolute Gasteiger partial charge is 0.416 e. The fourth-order valence-electron chi connectivity index (χ4n) is 2.92. The summed E-state index contributed by atoms with van der Waals surface area (Å²) < 4.78 is 43.3. The van der Waals surface area contributed by atoms with E-state index in [1.54, 1.807) is 0 Å². The third-order valence-corrected chi connectivity index (χ3v) is 4.40. The molecule has 0 bridgehead atoms. The van der Waals surface area contributed by atoms with Gasteiger partial charge in [-0.05, 0) is 31.0 Å². The normalized spacial score (nSPS) is 15.8. The van der Waals surface area contributed by atoms with Crippen molar-refractivity contribution in [1.29, 1.82) is 0 Å². The molecule has 0 aromatic heterocycles. The summed E-state index contributed by atoms with van der Waals surface area (Å²) in [5.41, 5.74) is 0.182. The van der Waals surface area contributed by atoms with Crippen LogP contribution in [-0.2, 0) is 17.5 Å². The number of morpholine rings is 1. The number of hydrogen-bond acceptors (Lipinski definition) is 3. The molecular formula is C19H30F3IN4O. The van der Waals surface area contributed by atoms with Gasteiger partial charge in [0.05, 0.1) is 18.8 Å². The lowest BCUT2D eigenvalue weighted by Crippen LogP contribution is -2.39. The molecule has 0 radical (unpaired) electrons. The second-order valence-corrected chi connectivity index (χ2v) is 6.59. The van der Waals surface area contributed by atoms with Crippen molar-refractivity contribution in [3.05, 3.63) is 35.4 Å². The van der Waals surface area contributed by atoms with Gasteiger partial charge < -0.3 is 15.0 Å². The average molecular weight is 514 g/mol. The van der Waals surface area contributed by atoms with E-state index < -0.39 is 11.7 Å². The molecule has 0 unspecified atom stereocenters. The first-order valence-corrected chi connectivity index (χ1v) is 9.36. The molecule has 0 aliphatic carbocycles. The maximum absolute atomic E-state index is 12.7. The highest BCUT2D eigenvalue weighted by Gasteiger charge is 2.29. The summed E-state index contributed by atoms with van der Waals surface area (Å²) >= 11 is 0. The van der Waals surface area contributed by atoms with E-state index in [1.165, 1.54) is 12.1 Å². The van der Waals surface area contributed by atoms with Gasteiger partial charge in [-0.3, -0.25) is 9.89 Å². The highest BCUT2D eigenvalue weighted by atomic mass is 127. The number of benzene rings is 1. The molecule has 1 aromatic carbocycles. The molecule has 1 N–H and O–H groups in total. The van der Waals surface area contributed by atoms with Crippen LogP contribution in [-0.4, -0.2) is 68.7 Å². The molecule has 0 atom stereocenters. The average Bonchev–Trinajstić information content (AvgIpc) is 2.64. The van der Waals surface area contributed by atoms with Crippen LogP contribution in [0.4, 0.5) is 13.2 Å². The lowest BCUT2D eigenvalue weighted by atomic mass is 10.1. The molecule has 1 aromatic rings. The summed E-state index contributed by atoms with van der Waals surface area (Å²) in [6, 6.07) is 5.27.